The van der Waals surface area contributed by atoms with Crippen LogP contribution >= 0.6 is 0 Å². The summed E-state index contributed by atoms with van der Waals surface area (Å²) in [6.45, 7) is 4.01. The van der Waals surface area contributed by atoms with Gasteiger partial charge in [-0.05, 0) is 24.1 Å². The monoisotopic (exact) mass is 280 g/mol. The molecule has 0 saturated carbocycles. The number of nitrogens with zero attached hydrogens (tertiary/aromatic N) is 2. The van der Waals surface area contributed by atoms with E-state index in [9.17, 15) is 0 Å². The molecule has 0 amide bonds. The lowest BCUT2D eigenvalue weighted by Gasteiger charge is -2.26. The van der Waals surface area contributed by atoms with Crippen molar-refractivity contribution in [1.82, 2.24) is 10.2 Å². The number of nitrogens with one attached hydrogen (secondary N) is 1. The topological polar surface area (TPSA) is 57.9 Å². The number of H-pyrrole nitrogens is 1. The number of nitrogen functional groups attached to an aromatic ring is 1. The van der Waals surface area contributed by atoms with Crippen LogP contribution in [0.5, 0.6) is 0 Å². The van der Waals surface area contributed by atoms with Crippen LogP contribution in [0.2, 0.25) is 0 Å². The predicted molar refractivity (Wildman–Crippen MR) is 88.3 cm³/mol. The molecule has 0 atom stereocenters. The molecule has 0 unspecified atom stereocenters. The number of aromatic amines is 1. The first-order chi connectivity index (χ1) is 10.3. The maximum atomic E-state index is 6.25. The lowest BCUT2D eigenvalue weighted by molar-refractivity contribution is 0.769. The van der Waals surface area contributed by atoms with E-state index in [0.717, 1.165) is 41.8 Å². The molecule has 2 aromatic carbocycles. The molecule has 0 bridgehead atoms. The van der Waals surface area contributed by atoms with Crippen LogP contribution in [0.1, 0.15) is 18.9 Å². The molecule has 3 rings (SSSR count). The Morgan fingerprint density at radius 2 is 2.00 bits per heavy atom. The Labute approximate surface area is 124 Å². The molecule has 1 heterocycles. The van der Waals surface area contributed by atoms with Crippen LogP contribution in [0.4, 0.5) is 11.4 Å². The van der Waals surface area contributed by atoms with Gasteiger partial charge >= 0.3 is 0 Å². The lowest BCUT2D eigenvalue weighted by atomic mass is 10.1. The smallest absolute Gasteiger partial charge is 0.0672 e. The van der Waals surface area contributed by atoms with Gasteiger partial charge in [0.25, 0.3) is 0 Å². The van der Waals surface area contributed by atoms with Gasteiger partial charge < -0.3 is 10.6 Å². The van der Waals surface area contributed by atoms with Crippen molar-refractivity contribution < 1.29 is 0 Å². The highest BCUT2D eigenvalue weighted by atomic mass is 15.1. The van der Waals surface area contributed by atoms with Gasteiger partial charge in [0.05, 0.1) is 23.1 Å². The molecule has 3 N–H and O–H groups in total. The Kier molecular flexibility index (Phi) is 3.77. The van der Waals surface area contributed by atoms with Crippen molar-refractivity contribution >= 4 is 22.3 Å². The molecule has 21 heavy (non-hydrogen) atoms. The number of hydrogen-bond acceptors (Lipinski definition) is 3. The number of benzene rings is 2. The summed E-state index contributed by atoms with van der Waals surface area (Å²) < 4.78 is 0. The zero-order valence-electron chi connectivity index (χ0n) is 12.2. The van der Waals surface area contributed by atoms with E-state index in [1.165, 1.54) is 5.56 Å². The molecular weight excluding hydrogens is 260 g/mol. The average molecular weight is 280 g/mol. The van der Waals surface area contributed by atoms with Gasteiger partial charge in [-0.25, -0.2) is 0 Å². The number of hydrogen-bond donors (Lipinski definition) is 2. The predicted octanol–water partition coefficient (Wildman–Crippen LogP) is 3.56. The van der Waals surface area contributed by atoms with E-state index >= 15 is 0 Å². The second kappa shape index (κ2) is 5.87. The first-order valence-corrected chi connectivity index (χ1v) is 7.29. The highest BCUT2D eigenvalue weighted by Gasteiger charge is 2.12. The molecule has 108 valence electrons. The lowest BCUT2D eigenvalue weighted by Crippen LogP contribution is -2.24. The fourth-order valence-electron chi connectivity index (χ4n) is 2.63. The molecule has 4 nitrogen and oxygen atoms in total. The molecule has 3 aromatic rings. The zero-order chi connectivity index (χ0) is 14.7. The molecule has 1 aromatic heterocycles. The maximum absolute atomic E-state index is 6.25. The van der Waals surface area contributed by atoms with Crippen LogP contribution in [-0.2, 0) is 6.54 Å². The summed E-state index contributed by atoms with van der Waals surface area (Å²) >= 11 is 0. The number of aromatic nitrogens is 2. The van der Waals surface area contributed by atoms with Crippen molar-refractivity contribution in [2.24, 2.45) is 0 Å². The number of fused-ring (bicyclic) bond motifs is 1. The Balaban J connectivity index is 1.96. The van der Waals surface area contributed by atoms with Gasteiger partial charge in [0.15, 0.2) is 0 Å². The van der Waals surface area contributed by atoms with Gasteiger partial charge in [-0.2, -0.15) is 5.10 Å². The third-order valence-corrected chi connectivity index (χ3v) is 3.64. The van der Waals surface area contributed by atoms with E-state index in [1.807, 2.05) is 12.1 Å². The largest absolute Gasteiger partial charge is 0.397 e. The van der Waals surface area contributed by atoms with Crippen molar-refractivity contribution in [3.05, 3.63) is 54.2 Å². The van der Waals surface area contributed by atoms with Crippen molar-refractivity contribution in [2.45, 2.75) is 19.9 Å². The van der Waals surface area contributed by atoms with Crippen LogP contribution in [-0.4, -0.2) is 16.7 Å². The van der Waals surface area contributed by atoms with Crippen molar-refractivity contribution in [3.63, 3.8) is 0 Å². The average Bonchev–Trinajstić information content (AvgIpc) is 2.94. The second-order valence-electron chi connectivity index (χ2n) is 5.28. The minimum atomic E-state index is 0.799. The number of nitrogens with two attached hydrogens (primary N) is 1. The first kappa shape index (κ1) is 13.5. The van der Waals surface area contributed by atoms with Crippen LogP contribution < -0.4 is 10.6 Å². The van der Waals surface area contributed by atoms with E-state index < -0.39 is 0 Å². The second-order valence-corrected chi connectivity index (χ2v) is 5.28. The Bertz CT molecular complexity index is 718. The maximum Gasteiger partial charge on any atom is 0.0672 e. The van der Waals surface area contributed by atoms with Gasteiger partial charge in [0, 0.05) is 18.5 Å². The van der Waals surface area contributed by atoms with Gasteiger partial charge in [-0.3, -0.25) is 5.10 Å². The molecule has 0 aliphatic rings. The third kappa shape index (κ3) is 2.84. The normalized spacial score (nSPS) is 10.9. The molecule has 0 radical (unpaired) electrons. The van der Waals surface area contributed by atoms with Crippen LogP contribution in [0.3, 0.4) is 0 Å². The van der Waals surface area contributed by atoms with Crippen LogP contribution in [0.15, 0.2) is 48.7 Å². The molecule has 0 fully saturated rings. The minimum absolute atomic E-state index is 0.799. The summed E-state index contributed by atoms with van der Waals surface area (Å²) in [7, 11) is 0. The summed E-state index contributed by atoms with van der Waals surface area (Å²) in [6, 6.07) is 14.6. The third-order valence-electron chi connectivity index (χ3n) is 3.64. The molecule has 0 saturated heterocycles. The van der Waals surface area contributed by atoms with E-state index in [4.69, 9.17) is 5.73 Å². The highest BCUT2D eigenvalue weighted by molar-refractivity contribution is 5.88. The fourth-order valence-corrected chi connectivity index (χ4v) is 2.63. The molecule has 0 aliphatic carbocycles. The van der Waals surface area contributed by atoms with E-state index in [-0.39, 0.29) is 0 Å². The molecular formula is C17H20N4. The fraction of sp³-hybridized carbons (Fsp3) is 0.235. The van der Waals surface area contributed by atoms with Gasteiger partial charge in [0.2, 0.25) is 0 Å². The van der Waals surface area contributed by atoms with Crippen molar-refractivity contribution in [1.29, 1.82) is 0 Å². The van der Waals surface area contributed by atoms with Crippen LogP contribution in [0.25, 0.3) is 10.9 Å². The van der Waals surface area contributed by atoms with Crippen LogP contribution in [0, 0.1) is 0 Å². The summed E-state index contributed by atoms with van der Waals surface area (Å²) in [5, 5.41) is 8.14. The van der Waals surface area contributed by atoms with E-state index in [1.54, 1.807) is 6.20 Å². The van der Waals surface area contributed by atoms with Crippen molar-refractivity contribution in [3.8, 4) is 0 Å². The van der Waals surface area contributed by atoms with E-state index in [2.05, 4.69) is 52.4 Å². The number of rotatable bonds is 5. The molecule has 4 heteroatoms. The quantitative estimate of drug-likeness (QED) is 0.702. The summed E-state index contributed by atoms with van der Waals surface area (Å²) in [4.78, 5) is 2.32. The van der Waals surface area contributed by atoms with Gasteiger partial charge in [-0.1, -0.05) is 37.3 Å². The SMILES string of the molecule is CCCN(Cc1ccccc1)c1cc2[nH]ncc2cc1N. The number of anilines is 2. The Morgan fingerprint density at radius 3 is 2.76 bits per heavy atom. The summed E-state index contributed by atoms with van der Waals surface area (Å²) in [6.07, 6.45) is 2.88. The Morgan fingerprint density at radius 1 is 1.19 bits per heavy atom. The standard InChI is InChI=1S/C17H20N4/c1-2-8-21(12-13-6-4-3-5-7-13)17-10-16-14(9-15(17)18)11-19-20-16/h3-7,9-11H,2,8,12,18H2,1H3,(H,19,20). The molecule has 0 aliphatic heterocycles. The highest BCUT2D eigenvalue weighted by Crippen LogP contribution is 2.29. The first-order valence-electron chi connectivity index (χ1n) is 7.29. The Hall–Kier alpha value is -2.49. The summed E-state index contributed by atoms with van der Waals surface area (Å²) in [5.41, 5.74) is 10.4. The summed E-state index contributed by atoms with van der Waals surface area (Å²) in [5.74, 6) is 0. The van der Waals surface area contributed by atoms with Gasteiger partial charge in [0.1, 0.15) is 0 Å². The minimum Gasteiger partial charge on any atom is -0.397 e. The van der Waals surface area contributed by atoms with Gasteiger partial charge in [-0.15, -0.1) is 0 Å². The zero-order valence-corrected chi connectivity index (χ0v) is 12.2. The van der Waals surface area contributed by atoms with E-state index in [0.29, 0.717) is 0 Å². The molecule has 0 spiro atoms. The van der Waals surface area contributed by atoms with Crippen molar-refractivity contribution in [2.75, 3.05) is 17.2 Å².